The molecule has 1 aromatic carbocycles. The second-order valence-corrected chi connectivity index (χ2v) is 5.62. The van der Waals surface area contributed by atoms with Crippen LogP contribution in [0.4, 0.5) is 15.8 Å². The molecule has 3 rings (SSSR count). The second kappa shape index (κ2) is 5.36. The molecule has 0 amide bonds. The Morgan fingerprint density at radius 3 is 3.00 bits per heavy atom. The largest absolute Gasteiger partial charge is 0.377 e. The van der Waals surface area contributed by atoms with Crippen LogP contribution in [0.3, 0.4) is 0 Å². The van der Waals surface area contributed by atoms with Crippen molar-refractivity contribution in [2.45, 2.75) is 37.8 Å². The van der Waals surface area contributed by atoms with Gasteiger partial charge in [0.25, 0.3) is 5.69 Å². The zero-order valence-electron chi connectivity index (χ0n) is 11.2. The Balaban J connectivity index is 1.74. The maximum absolute atomic E-state index is 13.3. The van der Waals surface area contributed by atoms with Gasteiger partial charge in [-0.05, 0) is 38.3 Å². The number of anilines is 1. The van der Waals surface area contributed by atoms with Gasteiger partial charge in [-0.3, -0.25) is 10.1 Å². The smallest absolute Gasteiger partial charge is 0.292 e. The summed E-state index contributed by atoms with van der Waals surface area (Å²) < 4.78 is 13.3. The van der Waals surface area contributed by atoms with Gasteiger partial charge in [-0.25, -0.2) is 4.39 Å². The van der Waals surface area contributed by atoms with Crippen molar-refractivity contribution in [3.05, 3.63) is 34.1 Å². The SMILES string of the molecule is O=[N+]([O-])c1ccc(F)cc1NC1CCN2CCCC2C1. The number of nitrogens with zero attached hydrogens (tertiary/aromatic N) is 2. The Bertz CT molecular complexity index is 523. The van der Waals surface area contributed by atoms with E-state index in [1.807, 2.05) is 0 Å². The first-order valence-corrected chi connectivity index (χ1v) is 7.08. The standard InChI is InChI=1S/C14H18FN3O2/c15-10-3-4-14(18(19)20)13(8-10)16-11-5-7-17-6-1-2-12(17)9-11/h3-4,8,11-12,16H,1-2,5-7,9H2. The van der Waals surface area contributed by atoms with E-state index in [1.54, 1.807) is 0 Å². The number of rotatable bonds is 3. The van der Waals surface area contributed by atoms with Gasteiger partial charge < -0.3 is 10.2 Å². The Hall–Kier alpha value is -1.69. The number of hydrogen-bond donors (Lipinski definition) is 1. The van der Waals surface area contributed by atoms with Gasteiger partial charge in [0.1, 0.15) is 11.5 Å². The van der Waals surface area contributed by atoms with Crippen molar-refractivity contribution < 1.29 is 9.31 Å². The van der Waals surface area contributed by atoms with Crippen molar-refractivity contribution in [2.24, 2.45) is 0 Å². The summed E-state index contributed by atoms with van der Waals surface area (Å²) >= 11 is 0. The van der Waals surface area contributed by atoms with Gasteiger partial charge in [0, 0.05) is 30.8 Å². The number of hydrogen-bond acceptors (Lipinski definition) is 4. The second-order valence-electron chi connectivity index (χ2n) is 5.62. The molecule has 2 unspecified atom stereocenters. The molecule has 2 saturated heterocycles. The highest BCUT2D eigenvalue weighted by Crippen LogP contribution is 2.31. The van der Waals surface area contributed by atoms with E-state index in [0.29, 0.717) is 11.7 Å². The lowest BCUT2D eigenvalue weighted by molar-refractivity contribution is -0.384. The Labute approximate surface area is 116 Å². The van der Waals surface area contributed by atoms with Crippen LogP contribution in [0.15, 0.2) is 18.2 Å². The molecule has 0 aliphatic carbocycles. The van der Waals surface area contributed by atoms with E-state index >= 15 is 0 Å². The van der Waals surface area contributed by atoms with E-state index < -0.39 is 10.7 Å². The molecule has 0 spiro atoms. The van der Waals surface area contributed by atoms with Crippen molar-refractivity contribution in [1.29, 1.82) is 0 Å². The normalized spacial score (nSPS) is 26.2. The summed E-state index contributed by atoms with van der Waals surface area (Å²) in [6.45, 7) is 2.18. The molecule has 5 nitrogen and oxygen atoms in total. The third kappa shape index (κ3) is 2.60. The van der Waals surface area contributed by atoms with Crippen molar-refractivity contribution in [3.8, 4) is 0 Å². The fourth-order valence-electron chi connectivity index (χ4n) is 3.36. The van der Waals surface area contributed by atoms with Gasteiger partial charge >= 0.3 is 0 Å². The van der Waals surface area contributed by atoms with E-state index in [0.717, 1.165) is 32.0 Å². The molecule has 2 fully saturated rings. The fourth-order valence-corrected chi connectivity index (χ4v) is 3.36. The summed E-state index contributed by atoms with van der Waals surface area (Å²) in [5, 5.41) is 14.2. The summed E-state index contributed by atoms with van der Waals surface area (Å²) in [6.07, 6.45) is 4.36. The lowest BCUT2D eigenvalue weighted by Gasteiger charge is -2.35. The van der Waals surface area contributed by atoms with E-state index in [4.69, 9.17) is 0 Å². The van der Waals surface area contributed by atoms with Gasteiger partial charge in [0.05, 0.1) is 4.92 Å². The van der Waals surface area contributed by atoms with Crippen LogP contribution in [0.1, 0.15) is 25.7 Å². The monoisotopic (exact) mass is 279 g/mol. The van der Waals surface area contributed by atoms with Gasteiger partial charge in [-0.2, -0.15) is 0 Å². The Morgan fingerprint density at radius 1 is 1.35 bits per heavy atom. The molecule has 0 bridgehead atoms. The van der Waals surface area contributed by atoms with Crippen molar-refractivity contribution in [3.63, 3.8) is 0 Å². The number of halogens is 1. The fraction of sp³-hybridized carbons (Fsp3) is 0.571. The molecule has 6 heteroatoms. The zero-order chi connectivity index (χ0) is 14.1. The van der Waals surface area contributed by atoms with Crippen LogP contribution < -0.4 is 5.32 Å². The number of nitrogens with one attached hydrogen (secondary N) is 1. The third-order valence-corrected chi connectivity index (χ3v) is 4.34. The minimum absolute atomic E-state index is 0.0553. The third-order valence-electron chi connectivity index (χ3n) is 4.34. The van der Waals surface area contributed by atoms with Gasteiger partial charge in [-0.1, -0.05) is 0 Å². The maximum atomic E-state index is 13.3. The first kappa shape index (κ1) is 13.3. The first-order chi connectivity index (χ1) is 9.63. The van der Waals surface area contributed by atoms with Crippen LogP contribution in [-0.4, -0.2) is 35.0 Å². The van der Waals surface area contributed by atoms with Crippen molar-refractivity contribution in [2.75, 3.05) is 18.4 Å². The van der Waals surface area contributed by atoms with Crippen molar-refractivity contribution >= 4 is 11.4 Å². The Kier molecular flexibility index (Phi) is 3.56. The quantitative estimate of drug-likeness (QED) is 0.682. The minimum Gasteiger partial charge on any atom is -0.377 e. The summed E-state index contributed by atoms with van der Waals surface area (Å²) in [5.41, 5.74) is 0.242. The molecule has 108 valence electrons. The topological polar surface area (TPSA) is 58.4 Å². The molecule has 1 aromatic rings. The number of fused-ring (bicyclic) bond motifs is 1. The minimum atomic E-state index is -0.466. The van der Waals surface area contributed by atoms with Crippen LogP contribution in [-0.2, 0) is 0 Å². The number of nitro groups is 1. The highest BCUT2D eigenvalue weighted by molar-refractivity contribution is 5.61. The number of nitro benzene ring substituents is 1. The predicted octanol–water partition coefficient (Wildman–Crippen LogP) is 2.77. The van der Waals surface area contributed by atoms with E-state index in [2.05, 4.69) is 10.2 Å². The zero-order valence-corrected chi connectivity index (χ0v) is 11.2. The lowest BCUT2D eigenvalue weighted by Crippen LogP contribution is -2.42. The molecule has 0 saturated carbocycles. The van der Waals surface area contributed by atoms with E-state index in [9.17, 15) is 14.5 Å². The molecule has 1 N–H and O–H groups in total. The maximum Gasteiger partial charge on any atom is 0.292 e. The lowest BCUT2D eigenvalue weighted by atomic mass is 9.97. The predicted molar refractivity (Wildman–Crippen MR) is 74.3 cm³/mol. The molecule has 2 heterocycles. The van der Waals surface area contributed by atoms with Crippen LogP contribution in [0.5, 0.6) is 0 Å². The van der Waals surface area contributed by atoms with E-state index in [1.165, 1.54) is 25.0 Å². The molecule has 2 atom stereocenters. The summed E-state index contributed by atoms with van der Waals surface area (Å²) in [4.78, 5) is 13.0. The molecule has 0 radical (unpaired) electrons. The first-order valence-electron chi connectivity index (χ1n) is 7.08. The van der Waals surface area contributed by atoms with Gasteiger partial charge in [-0.15, -0.1) is 0 Å². The van der Waals surface area contributed by atoms with Crippen LogP contribution in [0, 0.1) is 15.9 Å². The van der Waals surface area contributed by atoms with Crippen molar-refractivity contribution in [1.82, 2.24) is 4.90 Å². The van der Waals surface area contributed by atoms with Crippen LogP contribution >= 0.6 is 0 Å². The average molecular weight is 279 g/mol. The van der Waals surface area contributed by atoms with Gasteiger partial charge in [0.2, 0.25) is 0 Å². The van der Waals surface area contributed by atoms with E-state index in [-0.39, 0.29) is 11.7 Å². The molecule has 20 heavy (non-hydrogen) atoms. The highest BCUT2D eigenvalue weighted by atomic mass is 19.1. The average Bonchev–Trinajstić information content (AvgIpc) is 2.85. The number of benzene rings is 1. The number of piperidine rings is 1. The molecule has 2 aliphatic heterocycles. The summed E-state index contributed by atoms with van der Waals surface area (Å²) in [7, 11) is 0. The summed E-state index contributed by atoms with van der Waals surface area (Å²) in [5.74, 6) is -0.448. The highest BCUT2D eigenvalue weighted by Gasteiger charge is 2.32. The molecular formula is C14H18FN3O2. The Morgan fingerprint density at radius 2 is 2.20 bits per heavy atom. The van der Waals surface area contributed by atoms with Crippen LogP contribution in [0.2, 0.25) is 0 Å². The molecular weight excluding hydrogens is 261 g/mol. The van der Waals surface area contributed by atoms with Gasteiger partial charge in [0.15, 0.2) is 0 Å². The molecule has 0 aromatic heterocycles. The summed E-state index contributed by atoms with van der Waals surface area (Å²) in [6, 6.07) is 4.34. The molecule has 2 aliphatic rings. The van der Waals surface area contributed by atoms with Crippen LogP contribution in [0.25, 0.3) is 0 Å².